The molecule has 2 aromatic carbocycles. The quantitative estimate of drug-likeness (QED) is 0.804. The Morgan fingerprint density at radius 2 is 1.52 bits per heavy atom. The molecule has 2 amide bonds. The second-order valence-corrected chi connectivity index (χ2v) is 6.06. The normalized spacial score (nSPS) is 11.6. The minimum absolute atomic E-state index is 0.00791. The van der Waals surface area contributed by atoms with Gasteiger partial charge in [0.2, 0.25) is 11.8 Å². The minimum atomic E-state index is -0.497. The van der Waals surface area contributed by atoms with Crippen molar-refractivity contribution in [1.82, 2.24) is 10.2 Å². The van der Waals surface area contributed by atoms with Gasteiger partial charge in [-0.1, -0.05) is 60.7 Å². The standard InChI is InChI=1S/C21H26N2O2/c1-3-22-21(25)17(2)23(16-19-12-8-5-9-13-19)20(24)15-14-18-10-6-4-7-11-18/h4-13,17H,3,14-16H2,1-2H3,(H,22,25). The summed E-state index contributed by atoms with van der Waals surface area (Å²) in [6.07, 6.45) is 1.06. The first-order valence-corrected chi connectivity index (χ1v) is 8.76. The Balaban J connectivity index is 2.09. The average molecular weight is 338 g/mol. The molecule has 0 aliphatic rings. The van der Waals surface area contributed by atoms with E-state index < -0.39 is 6.04 Å². The zero-order chi connectivity index (χ0) is 18.1. The molecule has 0 bridgehead atoms. The maximum atomic E-state index is 12.8. The second kappa shape index (κ2) is 9.62. The van der Waals surface area contributed by atoms with E-state index in [2.05, 4.69) is 5.32 Å². The Kier molecular flexibility index (Phi) is 7.20. The fourth-order valence-electron chi connectivity index (χ4n) is 2.72. The maximum Gasteiger partial charge on any atom is 0.242 e. The summed E-state index contributed by atoms with van der Waals surface area (Å²) in [5, 5.41) is 2.81. The molecule has 0 saturated heterocycles. The van der Waals surface area contributed by atoms with Gasteiger partial charge in [-0.25, -0.2) is 0 Å². The average Bonchev–Trinajstić information content (AvgIpc) is 2.65. The summed E-state index contributed by atoms with van der Waals surface area (Å²) < 4.78 is 0. The van der Waals surface area contributed by atoms with Crippen LogP contribution in [0.2, 0.25) is 0 Å². The van der Waals surface area contributed by atoms with E-state index in [1.807, 2.05) is 67.6 Å². The molecule has 4 heteroatoms. The van der Waals surface area contributed by atoms with Crippen LogP contribution in [0.4, 0.5) is 0 Å². The zero-order valence-electron chi connectivity index (χ0n) is 14.9. The first kappa shape index (κ1) is 18.7. The Hall–Kier alpha value is -2.62. The topological polar surface area (TPSA) is 49.4 Å². The van der Waals surface area contributed by atoms with Gasteiger partial charge in [-0.15, -0.1) is 0 Å². The summed E-state index contributed by atoms with van der Waals surface area (Å²) in [5.74, 6) is -0.127. The number of benzene rings is 2. The smallest absolute Gasteiger partial charge is 0.242 e. The predicted octanol–water partition coefficient (Wildman–Crippen LogP) is 3.17. The summed E-state index contributed by atoms with van der Waals surface area (Å²) in [4.78, 5) is 26.7. The van der Waals surface area contributed by atoms with Gasteiger partial charge in [0.25, 0.3) is 0 Å². The van der Waals surface area contributed by atoms with Crippen molar-refractivity contribution < 1.29 is 9.59 Å². The Morgan fingerprint density at radius 3 is 2.08 bits per heavy atom. The van der Waals surface area contributed by atoms with Gasteiger partial charge >= 0.3 is 0 Å². The van der Waals surface area contributed by atoms with Crippen LogP contribution in [0.5, 0.6) is 0 Å². The van der Waals surface area contributed by atoms with E-state index in [-0.39, 0.29) is 11.8 Å². The number of carbonyl (C=O) groups excluding carboxylic acids is 2. The van der Waals surface area contributed by atoms with E-state index in [9.17, 15) is 9.59 Å². The molecule has 0 aromatic heterocycles. The summed E-state index contributed by atoms with van der Waals surface area (Å²) >= 11 is 0. The van der Waals surface area contributed by atoms with Crippen LogP contribution in [0.15, 0.2) is 60.7 Å². The lowest BCUT2D eigenvalue weighted by atomic mass is 10.1. The fraction of sp³-hybridized carbons (Fsp3) is 0.333. The summed E-state index contributed by atoms with van der Waals surface area (Å²) in [6, 6.07) is 19.2. The molecule has 0 saturated carbocycles. The van der Waals surface area contributed by atoms with Crippen molar-refractivity contribution in [2.24, 2.45) is 0 Å². The van der Waals surface area contributed by atoms with E-state index in [0.29, 0.717) is 25.9 Å². The molecule has 0 heterocycles. The number of carbonyl (C=O) groups is 2. The lowest BCUT2D eigenvalue weighted by Gasteiger charge is -2.28. The summed E-state index contributed by atoms with van der Waals surface area (Å²) in [5.41, 5.74) is 2.15. The summed E-state index contributed by atoms with van der Waals surface area (Å²) in [6.45, 7) is 4.66. The highest BCUT2D eigenvalue weighted by molar-refractivity contribution is 5.87. The van der Waals surface area contributed by atoms with Crippen molar-refractivity contribution in [3.8, 4) is 0 Å². The van der Waals surface area contributed by atoms with Gasteiger partial charge < -0.3 is 10.2 Å². The van der Waals surface area contributed by atoms with Crippen molar-refractivity contribution in [1.29, 1.82) is 0 Å². The Labute approximate surface area is 149 Å². The second-order valence-electron chi connectivity index (χ2n) is 6.06. The molecule has 1 atom stereocenters. The number of nitrogens with zero attached hydrogens (tertiary/aromatic N) is 1. The first-order chi connectivity index (χ1) is 12.1. The van der Waals surface area contributed by atoms with Crippen molar-refractivity contribution >= 4 is 11.8 Å². The van der Waals surface area contributed by atoms with Crippen LogP contribution in [0, 0.1) is 0 Å². The first-order valence-electron chi connectivity index (χ1n) is 8.76. The highest BCUT2D eigenvalue weighted by Gasteiger charge is 2.25. The number of hydrogen-bond donors (Lipinski definition) is 1. The van der Waals surface area contributed by atoms with E-state index >= 15 is 0 Å². The molecular formula is C21H26N2O2. The number of likely N-dealkylation sites (N-methyl/N-ethyl adjacent to an activating group) is 1. The van der Waals surface area contributed by atoms with Crippen LogP contribution in [-0.2, 0) is 22.6 Å². The highest BCUT2D eigenvalue weighted by atomic mass is 16.2. The van der Waals surface area contributed by atoms with E-state index in [0.717, 1.165) is 11.1 Å². The largest absolute Gasteiger partial charge is 0.355 e. The van der Waals surface area contributed by atoms with Crippen molar-refractivity contribution in [3.63, 3.8) is 0 Å². The van der Waals surface area contributed by atoms with Crippen LogP contribution < -0.4 is 5.32 Å². The zero-order valence-corrected chi connectivity index (χ0v) is 14.9. The van der Waals surface area contributed by atoms with E-state index in [1.54, 1.807) is 11.8 Å². The minimum Gasteiger partial charge on any atom is -0.355 e. The SMILES string of the molecule is CCNC(=O)C(C)N(Cc1ccccc1)C(=O)CCc1ccccc1. The van der Waals surface area contributed by atoms with Gasteiger partial charge in [-0.3, -0.25) is 9.59 Å². The molecule has 1 N–H and O–H groups in total. The van der Waals surface area contributed by atoms with Gasteiger partial charge in [0, 0.05) is 19.5 Å². The van der Waals surface area contributed by atoms with Crippen molar-refractivity contribution in [2.45, 2.75) is 39.3 Å². The molecule has 25 heavy (non-hydrogen) atoms. The van der Waals surface area contributed by atoms with Crippen LogP contribution in [0.3, 0.4) is 0 Å². The molecule has 0 spiro atoms. The van der Waals surface area contributed by atoms with E-state index in [1.165, 1.54) is 0 Å². The maximum absolute atomic E-state index is 12.8. The highest BCUT2D eigenvalue weighted by Crippen LogP contribution is 2.13. The van der Waals surface area contributed by atoms with Crippen LogP contribution in [-0.4, -0.2) is 29.3 Å². The number of nitrogens with one attached hydrogen (secondary N) is 1. The Morgan fingerprint density at radius 1 is 0.960 bits per heavy atom. The predicted molar refractivity (Wildman–Crippen MR) is 99.9 cm³/mol. The third-order valence-electron chi connectivity index (χ3n) is 4.18. The van der Waals surface area contributed by atoms with Crippen LogP contribution in [0.1, 0.15) is 31.4 Å². The number of amides is 2. The third kappa shape index (κ3) is 5.75. The molecule has 1 unspecified atom stereocenters. The molecule has 132 valence electrons. The number of hydrogen-bond acceptors (Lipinski definition) is 2. The van der Waals surface area contributed by atoms with Crippen LogP contribution >= 0.6 is 0 Å². The molecule has 0 fully saturated rings. The van der Waals surface area contributed by atoms with Gasteiger partial charge in [0.1, 0.15) is 6.04 Å². The van der Waals surface area contributed by atoms with Gasteiger partial charge in [0.05, 0.1) is 0 Å². The molecule has 0 radical (unpaired) electrons. The molecular weight excluding hydrogens is 312 g/mol. The Bertz CT molecular complexity index is 671. The van der Waals surface area contributed by atoms with Gasteiger partial charge in [-0.2, -0.15) is 0 Å². The number of rotatable bonds is 8. The van der Waals surface area contributed by atoms with Crippen molar-refractivity contribution in [2.75, 3.05) is 6.54 Å². The third-order valence-corrected chi connectivity index (χ3v) is 4.18. The molecule has 4 nitrogen and oxygen atoms in total. The lowest BCUT2D eigenvalue weighted by Crippen LogP contribution is -2.47. The molecule has 0 aliphatic heterocycles. The molecule has 0 aliphatic carbocycles. The molecule has 2 aromatic rings. The number of aryl methyl sites for hydroxylation is 1. The molecule has 2 rings (SSSR count). The van der Waals surface area contributed by atoms with Crippen molar-refractivity contribution in [3.05, 3.63) is 71.8 Å². The van der Waals surface area contributed by atoms with Gasteiger partial charge in [0.15, 0.2) is 0 Å². The van der Waals surface area contributed by atoms with Crippen LogP contribution in [0.25, 0.3) is 0 Å². The lowest BCUT2D eigenvalue weighted by molar-refractivity contribution is -0.140. The fourth-order valence-corrected chi connectivity index (χ4v) is 2.72. The monoisotopic (exact) mass is 338 g/mol. The van der Waals surface area contributed by atoms with E-state index in [4.69, 9.17) is 0 Å². The van der Waals surface area contributed by atoms with Gasteiger partial charge in [-0.05, 0) is 31.4 Å². The summed E-state index contributed by atoms with van der Waals surface area (Å²) in [7, 11) is 0.